The average Bonchev–Trinajstić information content (AvgIpc) is 2.58. The first-order valence-electron chi connectivity index (χ1n) is 10.2. The molecule has 0 aliphatic heterocycles. The van der Waals surface area contributed by atoms with Crippen LogP contribution in [-0.2, 0) is 4.79 Å². The van der Waals surface area contributed by atoms with Gasteiger partial charge in [-0.15, -0.1) is 0 Å². The first kappa shape index (κ1) is 22.9. The van der Waals surface area contributed by atoms with Crippen LogP contribution in [0.4, 0.5) is 0 Å². The normalized spacial score (nSPS) is 12.5. The van der Waals surface area contributed by atoms with E-state index in [0.29, 0.717) is 0 Å². The smallest absolute Gasteiger partial charge is 0.223 e. The number of carbonyl (C=O) groups is 1. The predicted molar refractivity (Wildman–Crippen MR) is 107 cm³/mol. The van der Waals surface area contributed by atoms with E-state index < -0.39 is 0 Å². The predicted octanol–water partition coefficient (Wildman–Crippen LogP) is 6.70. The Morgan fingerprint density at radius 2 is 1.33 bits per heavy atom. The Labute approximate surface area is 151 Å². The van der Waals surface area contributed by atoms with Gasteiger partial charge in [0.2, 0.25) is 5.91 Å². The van der Waals surface area contributed by atoms with Gasteiger partial charge in [0.25, 0.3) is 0 Å². The molecule has 0 fully saturated rings. The quantitative estimate of drug-likeness (QED) is 0.247. The van der Waals surface area contributed by atoms with Gasteiger partial charge in [-0.3, -0.25) is 4.79 Å². The van der Waals surface area contributed by atoms with Gasteiger partial charge in [-0.2, -0.15) is 0 Å². The van der Waals surface area contributed by atoms with Crippen molar-refractivity contribution in [3.05, 3.63) is 24.3 Å². The van der Waals surface area contributed by atoms with Gasteiger partial charge < -0.3 is 5.73 Å². The third-order valence-electron chi connectivity index (χ3n) is 5.23. The average molecular weight is 336 g/mol. The molecular weight excluding hydrogens is 294 g/mol. The minimum atomic E-state index is -0.261. The highest BCUT2D eigenvalue weighted by Gasteiger charge is 2.31. The molecule has 1 amide bonds. The molecule has 0 aromatic carbocycles. The fourth-order valence-corrected chi connectivity index (χ4v) is 3.17. The summed E-state index contributed by atoms with van der Waals surface area (Å²) in [4.78, 5) is 11.7. The van der Waals surface area contributed by atoms with E-state index >= 15 is 0 Å². The Bertz CT molecular complexity index is 353. The lowest BCUT2D eigenvalue weighted by Crippen LogP contribution is -2.36. The molecule has 0 saturated carbocycles. The summed E-state index contributed by atoms with van der Waals surface area (Å²) < 4.78 is 0. The number of rotatable bonds is 16. The van der Waals surface area contributed by atoms with Crippen molar-refractivity contribution in [2.45, 2.75) is 104 Å². The number of unbranched alkanes of at least 4 members (excludes halogenated alkanes) is 7. The van der Waals surface area contributed by atoms with Crippen molar-refractivity contribution in [2.75, 3.05) is 0 Å². The van der Waals surface area contributed by atoms with Gasteiger partial charge in [0, 0.05) is 5.41 Å². The molecule has 0 unspecified atom stereocenters. The maximum Gasteiger partial charge on any atom is 0.223 e. The third kappa shape index (κ3) is 10.7. The fraction of sp³-hybridized carbons (Fsp3) is 0.773. The van der Waals surface area contributed by atoms with Gasteiger partial charge >= 0.3 is 0 Å². The number of carbonyl (C=O) groups excluding carboxylic acids is 1. The van der Waals surface area contributed by atoms with Gasteiger partial charge in [-0.05, 0) is 51.4 Å². The second kappa shape index (κ2) is 15.5. The van der Waals surface area contributed by atoms with Crippen molar-refractivity contribution in [3.63, 3.8) is 0 Å². The summed E-state index contributed by atoms with van der Waals surface area (Å²) in [6, 6.07) is 0. The van der Waals surface area contributed by atoms with Crippen LogP contribution in [0.5, 0.6) is 0 Å². The van der Waals surface area contributed by atoms with E-state index in [1.807, 2.05) is 0 Å². The van der Waals surface area contributed by atoms with Crippen molar-refractivity contribution in [3.8, 4) is 0 Å². The largest absolute Gasteiger partial charge is 0.369 e. The SMILES string of the molecule is CCCCC/C=C\C/C=C\CCCCCCC(CC)(CC)C(N)=O. The van der Waals surface area contributed by atoms with Crippen LogP contribution in [0.25, 0.3) is 0 Å². The Balaban J connectivity index is 3.60. The molecule has 0 aromatic rings. The van der Waals surface area contributed by atoms with Crippen LogP contribution in [0.15, 0.2) is 24.3 Å². The van der Waals surface area contributed by atoms with Crippen molar-refractivity contribution in [2.24, 2.45) is 11.1 Å². The monoisotopic (exact) mass is 335 g/mol. The Morgan fingerprint density at radius 1 is 0.792 bits per heavy atom. The maximum atomic E-state index is 11.7. The van der Waals surface area contributed by atoms with Crippen LogP contribution in [0.1, 0.15) is 104 Å². The Morgan fingerprint density at radius 3 is 1.83 bits per heavy atom. The first-order chi connectivity index (χ1) is 11.6. The number of hydrogen-bond donors (Lipinski definition) is 1. The number of primary amides is 1. The summed E-state index contributed by atoms with van der Waals surface area (Å²) in [5, 5.41) is 0. The van der Waals surface area contributed by atoms with Crippen molar-refractivity contribution >= 4 is 5.91 Å². The molecule has 0 aliphatic carbocycles. The van der Waals surface area contributed by atoms with E-state index in [2.05, 4.69) is 45.1 Å². The van der Waals surface area contributed by atoms with E-state index in [1.165, 1.54) is 51.4 Å². The maximum absolute atomic E-state index is 11.7. The van der Waals surface area contributed by atoms with Crippen LogP contribution >= 0.6 is 0 Å². The van der Waals surface area contributed by atoms with Gasteiger partial charge in [0.1, 0.15) is 0 Å². The minimum Gasteiger partial charge on any atom is -0.369 e. The second-order valence-corrected chi connectivity index (χ2v) is 6.98. The molecule has 0 atom stereocenters. The number of allylic oxidation sites excluding steroid dienone is 4. The molecule has 2 heteroatoms. The lowest BCUT2D eigenvalue weighted by Gasteiger charge is -2.27. The molecule has 0 rings (SSSR count). The van der Waals surface area contributed by atoms with Crippen LogP contribution < -0.4 is 5.73 Å². The third-order valence-corrected chi connectivity index (χ3v) is 5.23. The molecule has 140 valence electrons. The highest BCUT2D eigenvalue weighted by Crippen LogP contribution is 2.32. The standard InChI is InChI=1S/C22H41NO/c1-4-7-8-9-10-11-12-13-14-15-16-17-18-19-20-22(5-2,6-3)21(23)24/h10-11,13-14H,4-9,12,15-20H2,1-3H3,(H2,23,24)/b11-10-,14-13-. The topological polar surface area (TPSA) is 43.1 Å². The molecule has 24 heavy (non-hydrogen) atoms. The fourth-order valence-electron chi connectivity index (χ4n) is 3.17. The van der Waals surface area contributed by atoms with Gasteiger partial charge in [-0.25, -0.2) is 0 Å². The summed E-state index contributed by atoms with van der Waals surface area (Å²) >= 11 is 0. The summed E-state index contributed by atoms with van der Waals surface area (Å²) in [6.07, 6.45) is 24.1. The lowest BCUT2D eigenvalue weighted by molar-refractivity contribution is -0.128. The molecule has 2 N–H and O–H groups in total. The van der Waals surface area contributed by atoms with Crippen LogP contribution in [0, 0.1) is 5.41 Å². The van der Waals surface area contributed by atoms with E-state index in [4.69, 9.17) is 5.73 Å². The van der Waals surface area contributed by atoms with E-state index in [9.17, 15) is 4.79 Å². The number of hydrogen-bond acceptors (Lipinski definition) is 1. The van der Waals surface area contributed by atoms with Gasteiger partial charge in [0.15, 0.2) is 0 Å². The summed E-state index contributed by atoms with van der Waals surface area (Å²) in [5.41, 5.74) is 5.33. The Kier molecular flexibility index (Phi) is 14.8. The van der Waals surface area contributed by atoms with Crippen LogP contribution in [0.2, 0.25) is 0 Å². The van der Waals surface area contributed by atoms with Gasteiger partial charge in [-0.1, -0.05) is 77.2 Å². The molecule has 0 bridgehead atoms. The highest BCUT2D eigenvalue weighted by molar-refractivity contribution is 5.80. The van der Waals surface area contributed by atoms with Crippen molar-refractivity contribution < 1.29 is 4.79 Å². The van der Waals surface area contributed by atoms with Crippen LogP contribution in [-0.4, -0.2) is 5.91 Å². The summed E-state index contributed by atoms with van der Waals surface area (Å²) in [6.45, 7) is 6.41. The van der Waals surface area contributed by atoms with Crippen molar-refractivity contribution in [1.29, 1.82) is 0 Å². The molecule has 0 spiro atoms. The molecule has 0 aliphatic rings. The van der Waals surface area contributed by atoms with Gasteiger partial charge in [0.05, 0.1) is 0 Å². The van der Waals surface area contributed by atoms with Crippen LogP contribution in [0.3, 0.4) is 0 Å². The molecular formula is C22H41NO. The first-order valence-corrected chi connectivity index (χ1v) is 10.2. The van der Waals surface area contributed by atoms with E-state index in [1.54, 1.807) is 0 Å². The second-order valence-electron chi connectivity index (χ2n) is 6.98. The summed E-state index contributed by atoms with van der Waals surface area (Å²) in [5.74, 6) is -0.113. The molecule has 0 saturated heterocycles. The zero-order chi connectivity index (χ0) is 18.1. The number of nitrogens with two attached hydrogens (primary N) is 1. The lowest BCUT2D eigenvalue weighted by atomic mass is 9.77. The number of amides is 1. The zero-order valence-electron chi connectivity index (χ0n) is 16.5. The van der Waals surface area contributed by atoms with Crippen molar-refractivity contribution in [1.82, 2.24) is 0 Å². The van der Waals surface area contributed by atoms with E-state index in [0.717, 1.165) is 32.1 Å². The highest BCUT2D eigenvalue weighted by atomic mass is 16.1. The van der Waals surface area contributed by atoms with E-state index in [-0.39, 0.29) is 11.3 Å². The molecule has 0 radical (unpaired) electrons. The Hall–Kier alpha value is -1.05. The summed E-state index contributed by atoms with van der Waals surface area (Å²) in [7, 11) is 0. The minimum absolute atomic E-state index is 0.113. The zero-order valence-corrected chi connectivity index (χ0v) is 16.5. The molecule has 0 heterocycles. The molecule has 2 nitrogen and oxygen atoms in total. The molecule has 0 aromatic heterocycles.